The fourth-order valence-electron chi connectivity index (χ4n) is 1.25. The molecule has 0 saturated carbocycles. The van der Waals surface area contributed by atoms with Crippen molar-refractivity contribution in [3.63, 3.8) is 0 Å². The SMILES string of the molecule is NCCc1nnc(-c2ccc(F)cc2I)s1. The molecular weight excluding hydrogens is 340 g/mol. The van der Waals surface area contributed by atoms with Gasteiger partial charge in [0.1, 0.15) is 15.8 Å². The zero-order valence-corrected chi connectivity index (χ0v) is 11.3. The Labute approximate surface area is 110 Å². The number of nitrogens with zero attached hydrogens (tertiary/aromatic N) is 2. The van der Waals surface area contributed by atoms with Gasteiger partial charge in [0.2, 0.25) is 0 Å². The van der Waals surface area contributed by atoms with Crippen LogP contribution in [-0.2, 0) is 6.42 Å². The van der Waals surface area contributed by atoms with E-state index in [2.05, 4.69) is 32.8 Å². The van der Waals surface area contributed by atoms with Gasteiger partial charge in [0.25, 0.3) is 0 Å². The summed E-state index contributed by atoms with van der Waals surface area (Å²) in [6.07, 6.45) is 0.732. The highest BCUT2D eigenvalue weighted by molar-refractivity contribution is 14.1. The topological polar surface area (TPSA) is 51.8 Å². The minimum atomic E-state index is -0.236. The van der Waals surface area contributed by atoms with E-state index < -0.39 is 0 Å². The lowest BCUT2D eigenvalue weighted by atomic mass is 10.2. The Morgan fingerprint density at radius 3 is 2.88 bits per heavy atom. The first-order valence-electron chi connectivity index (χ1n) is 4.68. The predicted octanol–water partition coefficient (Wildman–Crippen LogP) is 2.45. The molecule has 0 unspecified atom stereocenters. The van der Waals surface area contributed by atoms with Gasteiger partial charge in [-0.3, -0.25) is 0 Å². The molecule has 0 spiro atoms. The number of hydrogen-bond donors (Lipinski definition) is 1. The zero-order chi connectivity index (χ0) is 11.5. The summed E-state index contributed by atoms with van der Waals surface area (Å²) in [5.41, 5.74) is 6.37. The molecular formula is C10H9FIN3S. The van der Waals surface area contributed by atoms with E-state index in [1.165, 1.54) is 23.5 Å². The molecule has 84 valence electrons. The van der Waals surface area contributed by atoms with Crippen molar-refractivity contribution in [2.45, 2.75) is 6.42 Å². The van der Waals surface area contributed by atoms with Crippen LogP contribution < -0.4 is 5.73 Å². The molecule has 0 radical (unpaired) electrons. The minimum absolute atomic E-state index is 0.236. The van der Waals surface area contributed by atoms with Crippen molar-refractivity contribution in [1.82, 2.24) is 10.2 Å². The monoisotopic (exact) mass is 349 g/mol. The molecule has 0 aliphatic rings. The fourth-order valence-corrected chi connectivity index (χ4v) is 3.06. The summed E-state index contributed by atoms with van der Waals surface area (Å²) in [6, 6.07) is 4.64. The van der Waals surface area contributed by atoms with Crippen LogP contribution in [0.1, 0.15) is 5.01 Å². The molecule has 0 bridgehead atoms. The number of nitrogens with two attached hydrogens (primary N) is 1. The average Bonchev–Trinajstić information content (AvgIpc) is 2.67. The van der Waals surface area contributed by atoms with E-state index in [4.69, 9.17) is 5.73 Å². The van der Waals surface area contributed by atoms with Crippen molar-refractivity contribution in [3.05, 3.63) is 32.6 Å². The second-order valence-corrected chi connectivity index (χ2v) is 5.39. The summed E-state index contributed by atoms with van der Waals surface area (Å²) in [6.45, 7) is 0.565. The minimum Gasteiger partial charge on any atom is -0.330 e. The standard InChI is InChI=1S/C10H9FIN3S/c11-6-1-2-7(8(12)5-6)10-15-14-9(16-10)3-4-13/h1-2,5H,3-4,13H2. The van der Waals surface area contributed by atoms with Gasteiger partial charge >= 0.3 is 0 Å². The summed E-state index contributed by atoms with van der Waals surface area (Å²) >= 11 is 3.60. The lowest BCUT2D eigenvalue weighted by molar-refractivity contribution is 0.627. The first-order valence-corrected chi connectivity index (χ1v) is 6.58. The molecule has 2 aromatic rings. The van der Waals surface area contributed by atoms with Crippen LogP contribution in [0.3, 0.4) is 0 Å². The Morgan fingerprint density at radius 2 is 2.19 bits per heavy atom. The highest BCUT2D eigenvalue weighted by Gasteiger charge is 2.09. The molecule has 0 fully saturated rings. The van der Waals surface area contributed by atoms with Gasteiger partial charge in [-0.05, 0) is 47.3 Å². The first kappa shape index (κ1) is 11.9. The maximum absolute atomic E-state index is 12.9. The summed E-state index contributed by atoms with van der Waals surface area (Å²) in [5, 5.41) is 9.85. The molecule has 0 amide bonds. The molecule has 3 nitrogen and oxygen atoms in total. The van der Waals surface area contributed by atoms with Crippen LogP contribution in [0.15, 0.2) is 18.2 Å². The van der Waals surface area contributed by atoms with Crippen molar-refractivity contribution in [2.24, 2.45) is 5.73 Å². The third-order valence-electron chi connectivity index (χ3n) is 1.99. The van der Waals surface area contributed by atoms with Crippen LogP contribution in [0.2, 0.25) is 0 Å². The van der Waals surface area contributed by atoms with E-state index in [-0.39, 0.29) is 5.82 Å². The van der Waals surface area contributed by atoms with Crippen molar-refractivity contribution < 1.29 is 4.39 Å². The summed E-state index contributed by atoms with van der Waals surface area (Å²) in [4.78, 5) is 0. The number of benzene rings is 1. The Kier molecular flexibility index (Phi) is 3.82. The number of hydrogen-bond acceptors (Lipinski definition) is 4. The third-order valence-corrected chi connectivity index (χ3v) is 3.90. The fraction of sp³-hybridized carbons (Fsp3) is 0.200. The van der Waals surface area contributed by atoms with Crippen LogP contribution in [-0.4, -0.2) is 16.7 Å². The van der Waals surface area contributed by atoms with Gasteiger partial charge < -0.3 is 5.73 Å². The Balaban J connectivity index is 2.35. The molecule has 1 aromatic heterocycles. The van der Waals surface area contributed by atoms with Gasteiger partial charge in [-0.15, -0.1) is 10.2 Å². The molecule has 16 heavy (non-hydrogen) atoms. The Bertz CT molecular complexity index is 501. The normalized spacial score (nSPS) is 10.7. The third kappa shape index (κ3) is 2.55. The molecule has 0 atom stereocenters. The lowest BCUT2D eigenvalue weighted by Gasteiger charge is -1.98. The first-order chi connectivity index (χ1) is 7.70. The van der Waals surface area contributed by atoms with Gasteiger partial charge in [-0.1, -0.05) is 11.3 Å². The number of rotatable bonds is 3. The van der Waals surface area contributed by atoms with Crippen molar-refractivity contribution in [2.75, 3.05) is 6.54 Å². The molecule has 1 heterocycles. The van der Waals surface area contributed by atoms with E-state index in [1.54, 1.807) is 6.07 Å². The van der Waals surface area contributed by atoms with Gasteiger partial charge in [0.15, 0.2) is 0 Å². The zero-order valence-electron chi connectivity index (χ0n) is 8.28. The second kappa shape index (κ2) is 5.15. The van der Waals surface area contributed by atoms with Crippen LogP contribution in [0, 0.1) is 9.39 Å². The van der Waals surface area contributed by atoms with Crippen molar-refractivity contribution in [3.8, 4) is 10.6 Å². The predicted molar refractivity (Wildman–Crippen MR) is 70.8 cm³/mol. The quantitative estimate of drug-likeness (QED) is 0.867. The smallest absolute Gasteiger partial charge is 0.148 e. The molecule has 0 aliphatic heterocycles. The van der Waals surface area contributed by atoms with Crippen LogP contribution in [0.4, 0.5) is 4.39 Å². The van der Waals surface area contributed by atoms with E-state index >= 15 is 0 Å². The maximum atomic E-state index is 12.9. The Hall–Kier alpha value is -0.600. The van der Waals surface area contributed by atoms with Crippen LogP contribution >= 0.6 is 33.9 Å². The van der Waals surface area contributed by atoms with Gasteiger partial charge in [-0.25, -0.2) is 4.39 Å². The van der Waals surface area contributed by atoms with E-state index in [0.717, 1.165) is 25.6 Å². The van der Waals surface area contributed by atoms with Crippen LogP contribution in [0.5, 0.6) is 0 Å². The molecule has 0 saturated heterocycles. The van der Waals surface area contributed by atoms with Gasteiger partial charge in [0.05, 0.1) is 0 Å². The second-order valence-electron chi connectivity index (χ2n) is 3.16. The van der Waals surface area contributed by atoms with E-state index in [9.17, 15) is 4.39 Å². The molecule has 6 heteroatoms. The highest BCUT2D eigenvalue weighted by atomic mass is 127. The van der Waals surface area contributed by atoms with Crippen molar-refractivity contribution >= 4 is 33.9 Å². The molecule has 1 aromatic carbocycles. The largest absolute Gasteiger partial charge is 0.330 e. The van der Waals surface area contributed by atoms with Gasteiger partial charge in [0, 0.05) is 15.6 Å². The molecule has 0 aliphatic carbocycles. The number of aromatic nitrogens is 2. The average molecular weight is 349 g/mol. The van der Waals surface area contributed by atoms with E-state index in [1.807, 2.05) is 0 Å². The molecule has 2 rings (SSSR count). The summed E-state index contributed by atoms with van der Waals surface area (Å²) < 4.78 is 13.8. The molecule has 2 N–H and O–H groups in total. The highest BCUT2D eigenvalue weighted by Crippen LogP contribution is 2.28. The van der Waals surface area contributed by atoms with Crippen molar-refractivity contribution in [1.29, 1.82) is 0 Å². The maximum Gasteiger partial charge on any atom is 0.148 e. The van der Waals surface area contributed by atoms with Crippen LogP contribution in [0.25, 0.3) is 10.6 Å². The lowest BCUT2D eigenvalue weighted by Crippen LogP contribution is -2.01. The Morgan fingerprint density at radius 1 is 1.38 bits per heavy atom. The summed E-state index contributed by atoms with van der Waals surface area (Å²) in [7, 11) is 0. The van der Waals surface area contributed by atoms with E-state index in [0.29, 0.717) is 6.54 Å². The summed E-state index contributed by atoms with van der Waals surface area (Å²) in [5.74, 6) is -0.236. The van der Waals surface area contributed by atoms with Gasteiger partial charge in [-0.2, -0.15) is 0 Å². The number of halogens is 2.